The fourth-order valence-corrected chi connectivity index (χ4v) is 0.302. The summed E-state index contributed by atoms with van der Waals surface area (Å²) in [5.41, 5.74) is -5.49. The first kappa shape index (κ1) is 9.14. The zero-order chi connectivity index (χ0) is 8.41. The van der Waals surface area contributed by atoms with Crippen LogP contribution in [0.1, 0.15) is 0 Å². The van der Waals surface area contributed by atoms with Gasteiger partial charge in [0.25, 0.3) is 0 Å². The van der Waals surface area contributed by atoms with Crippen molar-refractivity contribution in [3.63, 3.8) is 0 Å². The molecule has 0 amide bonds. The Bertz CT molecular complexity index is 216. The molecular weight excluding hydrogens is 177 g/mol. The Morgan fingerprint density at radius 3 is 1.80 bits per heavy atom. The lowest BCUT2D eigenvalue weighted by Crippen LogP contribution is -2.32. The van der Waals surface area contributed by atoms with E-state index in [2.05, 4.69) is 0 Å². The molecule has 60 valence electrons. The van der Waals surface area contributed by atoms with Gasteiger partial charge in [0.1, 0.15) is 0 Å². The van der Waals surface area contributed by atoms with Crippen molar-refractivity contribution in [1.82, 2.24) is 4.83 Å². The minimum Gasteiger partial charge on any atom is -0.195 e. The van der Waals surface area contributed by atoms with Crippen molar-refractivity contribution in [3.05, 3.63) is 4.91 Å². The molecule has 0 unspecified atom stereocenters. The van der Waals surface area contributed by atoms with Gasteiger partial charge in [-0.25, -0.2) is 0 Å². The van der Waals surface area contributed by atoms with Gasteiger partial charge in [0, 0.05) is 0 Å². The molecule has 0 heterocycles. The first-order valence-corrected chi connectivity index (χ1v) is 3.20. The quantitative estimate of drug-likeness (QED) is 0.481. The van der Waals surface area contributed by atoms with Gasteiger partial charge in [-0.2, -0.15) is 26.4 Å². The summed E-state index contributed by atoms with van der Waals surface area (Å²) in [4.78, 5) is 9.41. The minimum absolute atomic E-state index is 0.378. The van der Waals surface area contributed by atoms with E-state index in [9.17, 15) is 21.6 Å². The van der Waals surface area contributed by atoms with Crippen LogP contribution < -0.4 is 4.83 Å². The molecule has 0 saturated heterocycles. The number of nitroso groups, excluding NO2 is 1. The molecule has 0 aromatic carbocycles. The number of halogens is 3. The summed E-state index contributed by atoms with van der Waals surface area (Å²) < 4.78 is 53.0. The lowest BCUT2D eigenvalue weighted by molar-refractivity contribution is -0.0447. The number of nitrogens with one attached hydrogen (secondary N) is 1. The predicted molar refractivity (Wildman–Crippen MR) is 23.9 cm³/mol. The average molecular weight is 178 g/mol. The average Bonchev–Trinajstić information content (AvgIpc) is 1.61. The van der Waals surface area contributed by atoms with Crippen molar-refractivity contribution in [2.45, 2.75) is 5.51 Å². The first-order valence-electron chi connectivity index (χ1n) is 1.71. The number of rotatable bonds is 2. The van der Waals surface area contributed by atoms with Crippen molar-refractivity contribution in [2.75, 3.05) is 0 Å². The molecule has 0 aliphatic carbocycles. The van der Waals surface area contributed by atoms with Crippen molar-refractivity contribution in [3.8, 4) is 0 Å². The highest BCUT2D eigenvalue weighted by atomic mass is 32.2. The molecule has 0 aliphatic rings. The van der Waals surface area contributed by atoms with Crippen LogP contribution in [0.2, 0.25) is 0 Å². The molecule has 0 fully saturated rings. The second-order valence-electron chi connectivity index (χ2n) is 1.13. The summed E-state index contributed by atoms with van der Waals surface area (Å²) in [5, 5.41) is 1.37. The highest BCUT2D eigenvalue weighted by molar-refractivity contribution is 7.90. The van der Waals surface area contributed by atoms with E-state index in [0.717, 1.165) is 0 Å². The van der Waals surface area contributed by atoms with Crippen LogP contribution in [0, 0.1) is 4.91 Å². The van der Waals surface area contributed by atoms with Gasteiger partial charge in [0.15, 0.2) is 0 Å². The van der Waals surface area contributed by atoms with Gasteiger partial charge in [-0.1, -0.05) is 0 Å². The molecule has 0 rings (SSSR count). The standard InChI is InChI=1S/CHF3N2O3S/c2-1(3,4)10(8,9)6-5-7/h(H,6,7). The van der Waals surface area contributed by atoms with Gasteiger partial charge < -0.3 is 0 Å². The van der Waals surface area contributed by atoms with Gasteiger partial charge in [0.2, 0.25) is 0 Å². The largest absolute Gasteiger partial charge is 0.518 e. The zero-order valence-corrected chi connectivity index (χ0v) is 5.03. The maximum Gasteiger partial charge on any atom is 0.518 e. The van der Waals surface area contributed by atoms with E-state index >= 15 is 0 Å². The normalized spacial score (nSPS) is 12.7. The van der Waals surface area contributed by atoms with Gasteiger partial charge in [0.05, 0.1) is 5.29 Å². The SMILES string of the molecule is O=NNS(=O)(=O)C(F)(F)F. The van der Waals surface area contributed by atoms with Crippen LogP contribution in [0.15, 0.2) is 5.29 Å². The van der Waals surface area contributed by atoms with Crippen molar-refractivity contribution in [1.29, 1.82) is 0 Å². The Hall–Kier alpha value is -0.860. The van der Waals surface area contributed by atoms with Gasteiger partial charge >= 0.3 is 15.5 Å². The molecule has 0 aliphatic heterocycles. The second kappa shape index (κ2) is 2.40. The van der Waals surface area contributed by atoms with Crippen molar-refractivity contribution >= 4 is 10.0 Å². The highest BCUT2D eigenvalue weighted by Crippen LogP contribution is 2.21. The Kier molecular flexibility index (Phi) is 2.20. The van der Waals surface area contributed by atoms with E-state index in [1.54, 1.807) is 0 Å². The molecule has 0 aromatic rings. The molecule has 0 aromatic heterocycles. The number of alkyl halides is 3. The topological polar surface area (TPSA) is 75.6 Å². The second-order valence-corrected chi connectivity index (χ2v) is 2.78. The molecule has 10 heavy (non-hydrogen) atoms. The summed E-state index contributed by atoms with van der Waals surface area (Å²) in [6.07, 6.45) is 0. The zero-order valence-electron chi connectivity index (χ0n) is 4.21. The van der Waals surface area contributed by atoms with E-state index in [1.807, 2.05) is 0 Å². The molecule has 0 saturated carbocycles. The van der Waals surface area contributed by atoms with Crippen LogP contribution in [0.5, 0.6) is 0 Å². The van der Waals surface area contributed by atoms with Crippen molar-refractivity contribution < 1.29 is 21.6 Å². The van der Waals surface area contributed by atoms with E-state index in [1.165, 1.54) is 5.29 Å². The summed E-state index contributed by atoms with van der Waals surface area (Å²) in [6, 6.07) is 0. The highest BCUT2D eigenvalue weighted by Gasteiger charge is 2.46. The van der Waals surface area contributed by atoms with Crippen LogP contribution in [0.4, 0.5) is 13.2 Å². The van der Waals surface area contributed by atoms with E-state index in [-0.39, 0.29) is 0 Å². The molecular formula is CHF3N2O3S. The molecule has 0 radical (unpaired) electrons. The maximum absolute atomic E-state index is 11.2. The van der Waals surface area contributed by atoms with Gasteiger partial charge in [-0.3, -0.25) is 0 Å². The smallest absolute Gasteiger partial charge is 0.195 e. The molecule has 0 spiro atoms. The van der Waals surface area contributed by atoms with Gasteiger partial charge in [-0.05, 0) is 0 Å². The summed E-state index contributed by atoms with van der Waals surface area (Å²) in [5.74, 6) is 0. The third kappa shape index (κ3) is 1.83. The summed E-state index contributed by atoms with van der Waals surface area (Å²) in [6.45, 7) is 0. The molecule has 0 atom stereocenters. The summed E-state index contributed by atoms with van der Waals surface area (Å²) >= 11 is 0. The lowest BCUT2D eigenvalue weighted by Gasteiger charge is -2.02. The van der Waals surface area contributed by atoms with Crippen LogP contribution in [0.25, 0.3) is 0 Å². The van der Waals surface area contributed by atoms with Crippen LogP contribution in [-0.4, -0.2) is 13.9 Å². The van der Waals surface area contributed by atoms with Crippen LogP contribution >= 0.6 is 0 Å². The molecule has 0 bridgehead atoms. The van der Waals surface area contributed by atoms with E-state index in [4.69, 9.17) is 4.91 Å². The number of hydrogen-bond donors (Lipinski definition) is 1. The van der Waals surface area contributed by atoms with Crippen LogP contribution in [0.3, 0.4) is 0 Å². The van der Waals surface area contributed by atoms with Gasteiger partial charge in [-0.15, -0.1) is 4.91 Å². The fourth-order valence-electron chi connectivity index (χ4n) is 0.101. The molecule has 5 nitrogen and oxygen atoms in total. The summed E-state index contributed by atoms with van der Waals surface area (Å²) in [7, 11) is -5.58. The number of nitrogens with zero attached hydrogens (tertiary/aromatic N) is 1. The minimum atomic E-state index is -5.58. The van der Waals surface area contributed by atoms with Crippen LogP contribution in [-0.2, 0) is 10.0 Å². The first-order chi connectivity index (χ1) is 4.31. The number of hydrogen-bond acceptors (Lipinski definition) is 4. The Morgan fingerprint density at radius 2 is 1.70 bits per heavy atom. The monoisotopic (exact) mass is 178 g/mol. The Balaban J connectivity index is 4.59. The molecule has 9 heteroatoms. The predicted octanol–water partition coefficient (Wildman–Crippen LogP) is 0.107. The Labute approximate surface area is 53.2 Å². The third-order valence-electron chi connectivity index (χ3n) is 0.462. The maximum atomic E-state index is 11.2. The lowest BCUT2D eigenvalue weighted by atomic mass is 11.6. The fraction of sp³-hybridized carbons (Fsp3) is 1.00. The van der Waals surface area contributed by atoms with Crippen molar-refractivity contribution in [2.24, 2.45) is 5.29 Å². The Morgan fingerprint density at radius 1 is 1.30 bits per heavy atom. The third-order valence-corrected chi connectivity index (χ3v) is 1.39. The number of sulfonamides is 1. The van der Waals surface area contributed by atoms with E-state index < -0.39 is 15.5 Å². The molecule has 1 N–H and O–H groups in total. The van der Waals surface area contributed by atoms with E-state index in [0.29, 0.717) is 4.83 Å².